The number of hydrogen-bond acceptors (Lipinski definition) is 8. The van der Waals surface area contributed by atoms with E-state index in [4.69, 9.17) is 40.9 Å². The summed E-state index contributed by atoms with van der Waals surface area (Å²) in [5.41, 5.74) is 0.352. The highest BCUT2D eigenvalue weighted by atomic mass is 16.4. The summed E-state index contributed by atoms with van der Waals surface area (Å²) in [6, 6.07) is 0. The number of carbonyl (C=O) groups is 4. The summed E-state index contributed by atoms with van der Waals surface area (Å²) in [5, 5.41) is 63.3. The lowest BCUT2D eigenvalue weighted by Gasteiger charge is -1.85. The van der Waals surface area contributed by atoms with Crippen LogP contribution in [0.4, 0.5) is 0 Å². The van der Waals surface area contributed by atoms with Gasteiger partial charge in [-0.3, -0.25) is 0 Å². The van der Waals surface area contributed by atoms with Gasteiger partial charge < -0.3 is 40.9 Å². The average molecular weight is 497 g/mol. The summed E-state index contributed by atoms with van der Waals surface area (Å²) in [5.74, 6) is -3.83. The fraction of sp³-hybridized carbons (Fsp3) is 0.455. The van der Waals surface area contributed by atoms with Crippen LogP contribution in [0.3, 0.4) is 0 Å². The lowest BCUT2D eigenvalue weighted by molar-refractivity contribution is -0.133. The van der Waals surface area contributed by atoms with Gasteiger partial charge in [0.25, 0.3) is 0 Å². The molecule has 0 amide bonds. The van der Waals surface area contributed by atoms with E-state index < -0.39 is 23.9 Å². The molecule has 8 N–H and O–H groups in total. The van der Waals surface area contributed by atoms with Crippen molar-refractivity contribution in [2.24, 2.45) is 0 Å². The molecule has 0 rings (SSSR count). The molecular weight excluding hydrogens is 456 g/mol. The number of unbranched alkanes of at least 4 members (excludes halogenated alkanes) is 2. The van der Waals surface area contributed by atoms with Gasteiger partial charge in [-0.25, -0.2) is 19.2 Å². The zero-order chi connectivity index (χ0) is 28.5. The molecule has 0 radical (unpaired) electrons. The molecule has 200 valence electrons. The molecule has 0 aromatic rings. The summed E-state index contributed by atoms with van der Waals surface area (Å²) in [4.78, 5) is 37.7. The van der Waals surface area contributed by atoms with Crippen LogP contribution in [0.25, 0.3) is 0 Å². The van der Waals surface area contributed by atoms with Crippen molar-refractivity contribution in [1.82, 2.24) is 0 Å². The van der Waals surface area contributed by atoms with Crippen LogP contribution in [-0.2, 0) is 19.2 Å². The maximum atomic E-state index is 9.60. The molecule has 0 aliphatic heterocycles. The fourth-order valence-electron chi connectivity index (χ4n) is 0.447. The molecule has 0 aliphatic rings. The van der Waals surface area contributed by atoms with E-state index in [0.29, 0.717) is 0 Å². The van der Waals surface area contributed by atoms with Crippen LogP contribution in [0.5, 0.6) is 0 Å². The summed E-state index contributed by atoms with van der Waals surface area (Å²) in [6.45, 7) is 15.9. The molecule has 0 spiro atoms. The van der Waals surface area contributed by atoms with Crippen LogP contribution in [0, 0.1) is 0 Å². The highest BCUT2D eigenvalue weighted by Gasteiger charge is 1.90. The molecule has 12 heteroatoms. The van der Waals surface area contributed by atoms with Crippen molar-refractivity contribution in [3.8, 4) is 0 Å². The van der Waals surface area contributed by atoms with Crippen LogP contribution in [0.2, 0.25) is 0 Å². The monoisotopic (exact) mass is 496 g/mol. The minimum atomic E-state index is -0.981. The second-order valence-electron chi connectivity index (χ2n) is 5.56. The normalized spacial score (nSPS) is 7.71. The molecule has 0 heterocycles. The van der Waals surface area contributed by atoms with Crippen molar-refractivity contribution in [3.05, 3.63) is 49.6 Å². The van der Waals surface area contributed by atoms with E-state index in [1.807, 2.05) is 0 Å². The average Bonchev–Trinajstić information content (AvgIpc) is 2.78. The largest absolute Gasteiger partial charge is 0.478 e. The van der Waals surface area contributed by atoms with Crippen molar-refractivity contribution in [1.29, 1.82) is 0 Å². The van der Waals surface area contributed by atoms with Crippen LogP contribution >= 0.6 is 0 Å². The van der Waals surface area contributed by atoms with Gasteiger partial charge in [0.15, 0.2) is 0 Å². The molecule has 34 heavy (non-hydrogen) atoms. The lowest BCUT2D eigenvalue weighted by Crippen LogP contribution is -1.92. The van der Waals surface area contributed by atoms with Gasteiger partial charge in [0.1, 0.15) is 0 Å². The van der Waals surface area contributed by atoms with E-state index in [1.54, 1.807) is 0 Å². The lowest BCUT2D eigenvalue weighted by atomic mass is 10.3. The standard InChI is InChI=1S/2C4H6O2.2C4H10O2.2C3H4O2/c2*1-3(2)4(5)6;2*5-3-1-2-4-6;2*1-2-3(4)5/h2*1H2,2H3,(H,5,6);2*5-6H,1-4H2;2*2H,1H2,(H,4,5). The zero-order valence-electron chi connectivity index (χ0n) is 19.9. The number of rotatable bonds is 10. The first-order valence-corrected chi connectivity index (χ1v) is 9.58. The molecule has 0 aliphatic carbocycles. The van der Waals surface area contributed by atoms with Crippen molar-refractivity contribution in [2.45, 2.75) is 39.5 Å². The van der Waals surface area contributed by atoms with E-state index in [1.165, 1.54) is 13.8 Å². The summed E-state index contributed by atoms with van der Waals surface area (Å²) in [6.07, 6.45) is 4.54. The molecule has 0 saturated heterocycles. The van der Waals surface area contributed by atoms with Crippen LogP contribution < -0.4 is 0 Å². The van der Waals surface area contributed by atoms with Gasteiger partial charge in [0.05, 0.1) is 0 Å². The van der Waals surface area contributed by atoms with Crippen LogP contribution in [0.1, 0.15) is 39.5 Å². The van der Waals surface area contributed by atoms with Crippen molar-refractivity contribution in [2.75, 3.05) is 26.4 Å². The number of aliphatic carboxylic acids is 4. The SMILES string of the molecule is C=C(C)C(=O)O.C=C(C)C(=O)O.C=CC(=O)O.C=CC(=O)O.OCCCCO.OCCCCO. The zero-order valence-corrected chi connectivity index (χ0v) is 19.9. The van der Waals surface area contributed by atoms with Crippen molar-refractivity contribution in [3.63, 3.8) is 0 Å². The van der Waals surface area contributed by atoms with Crippen LogP contribution in [-0.4, -0.2) is 91.2 Å². The van der Waals surface area contributed by atoms with Crippen LogP contribution in [0.15, 0.2) is 49.6 Å². The van der Waals surface area contributed by atoms with Crippen molar-refractivity contribution >= 4 is 23.9 Å². The van der Waals surface area contributed by atoms with Gasteiger partial charge in [-0.2, -0.15) is 0 Å². The molecular formula is C22H40O12. The highest BCUT2D eigenvalue weighted by Crippen LogP contribution is 1.82. The minimum Gasteiger partial charge on any atom is -0.478 e. The predicted octanol–water partition coefficient (Wildman–Crippen LogP) is 1.31. The molecule has 0 atom stereocenters. The van der Waals surface area contributed by atoms with E-state index in [2.05, 4.69) is 26.3 Å². The Hall–Kier alpha value is -3.32. The predicted molar refractivity (Wildman–Crippen MR) is 127 cm³/mol. The topological polar surface area (TPSA) is 230 Å². The Morgan fingerprint density at radius 2 is 0.676 bits per heavy atom. The van der Waals surface area contributed by atoms with E-state index in [9.17, 15) is 19.2 Å². The molecule has 0 bridgehead atoms. The first-order valence-electron chi connectivity index (χ1n) is 9.58. The summed E-state index contributed by atoms with van der Waals surface area (Å²) in [7, 11) is 0. The van der Waals surface area contributed by atoms with Gasteiger partial charge in [-0.15, -0.1) is 0 Å². The maximum absolute atomic E-state index is 9.60. The number of carboxylic acids is 4. The Kier molecular flexibility index (Phi) is 52.3. The Morgan fingerprint density at radius 3 is 0.706 bits per heavy atom. The first kappa shape index (κ1) is 44.4. The third kappa shape index (κ3) is 102. The van der Waals surface area contributed by atoms with Gasteiger partial charge >= 0.3 is 23.9 Å². The second kappa shape index (κ2) is 40.1. The second-order valence-corrected chi connectivity index (χ2v) is 5.56. The number of carboxylic acid groups (broad SMARTS) is 4. The quantitative estimate of drug-likeness (QED) is 0.158. The van der Waals surface area contributed by atoms with Gasteiger partial charge in [-0.1, -0.05) is 26.3 Å². The Balaban J connectivity index is -0.0000000693. The molecule has 0 aromatic carbocycles. The molecule has 0 aromatic heterocycles. The highest BCUT2D eigenvalue weighted by molar-refractivity contribution is 5.85. The van der Waals surface area contributed by atoms with Gasteiger partial charge in [-0.05, 0) is 39.5 Å². The van der Waals surface area contributed by atoms with Gasteiger partial charge in [0.2, 0.25) is 0 Å². The molecule has 0 fully saturated rings. The third-order valence-corrected chi connectivity index (χ3v) is 2.21. The molecule has 12 nitrogen and oxygen atoms in total. The Bertz CT molecular complexity index is 486. The smallest absolute Gasteiger partial charge is 0.330 e. The summed E-state index contributed by atoms with van der Waals surface area (Å²) < 4.78 is 0. The van der Waals surface area contributed by atoms with Gasteiger partial charge in [0, 0.05) is 49.7 Å². The minimum absolute atomic E-state index is 0.176. The van der Waals surface area contributed by atoms with Crippen molar-refractivity contribution < 1.29 is 60.0 Å². The van der Waals surface area contributed by atoms with E-state index in [-0.39, 0.29) is 37.6 Å². The van der Waals surface area contributed by atoms with E-state index in [0.717, 1.165) is 37.8 Å². The first-order chi connectivity index (χ1) is 15.7. The molecule has 0 unspecified atom stereocenters. The molecule has 0 saturated carbocycles. The van der Waals surface area contributed by atoms with E-state index >= 15 is 0 Å². The Morgan fingerprint density at radius 1 is 0.559 bits per heavy atom. The maximum Gasteiger partial charge on any atom is 0.330 e. The summed E-state index contributed by atoms with van der Waals surface area (Å²) >= 11 is 0. The Labute approximate surface area is 200 Å². The fourth-order valence-corrected chi connectivity index (χ4v) is 0.447. The third-order valence-electron chi connectivity index (χ3n) is 2.21. The number of aliphatic hydroxyl groups is 4. The number of aliphatic hydroxyl groups excluding tert-OH is 4. The number of hydrogen-bond donors (Lipinski definition) is 8.